The number of carbonyl (C=O) groups excluding carboxylic acids is 1. The predicted molar refractivity (Wildman–Crippen MR) is 70.4 cm³/mol. The van der Waals surface area contributed by atoms with E-state index in [2.05, 4.69) is 5.32 Å². The number of ether oxygens (including phenoxy) is 1. The number of anilines is 1. The van der Waals surface area contributed by atoms with Gasteiger partial charge in [-0.05, 0) is 38.6 Å². The van der Waals surface area contributed by atoms with E-state index in [1.807, 2.05) is 20.8 Å². The van der Waals surface area contributed by atoms with Crippen molar-refractivity contribution in [3.8, 4) is 0 Å². The van der Waals surface area contributed by atoms with Crippen molar-refractivity contribution in [1.82, 2.24) is 0 Å². The van der Waals surface area contributed by atoms with Gasteiger partial charge in [-0.1, -0.05) is 0 Å². The van der Waals surface area contributed by atoms with E-state index >= 15 is 0 Å². The van der Waals surface area contributed by atoms with Crippen LogP contribution in [-0.4, -0.2) is 29.2 Å². The fourth-order valence-corrected chi connectivity index (χ4v) is 2.06. The molecule has 1 aromatic heterocycles. The molecule has 5 nitrogen and oxygen atoms in total. The fourth-order valence-electron chi connectivity index (χ4n) is 1.21. The Bertz CT molecular complexity index is 459. The first-order valence-electron chi connectivity index (χ1n) is 5.46. The highest BCUT2D eigenvalue weighted by atomic mass is 32.1. The molecule has 1 heterocycles. The summed E-state index contributed by atoms with van der Waals surface area (Å²) in [6.45, 7) is 7.19. The summed E-state index contributed by atoms with van der Waals surface area (Å²) in [6, 6.07) is 0. The number of aromatic carboxylic acids is 1. The second kappa shape index (κ2) is 5.49. The van der Waals surface area contributed by atoms with Crippen LogP contribution in [0.2, 0.25) is 0 Å². The Morgan fingerprint density at radius 1 is 1.44 bits per heavy atom. The highest BCUT2D eigenvalue weighted by molar-refractivity contribution is 7.12. The molecule has 0 saturated heterocycles. The van der Waals surface area contributed by atoms with Crippen molar-refractivity contribution in [2.24, 2.45) is 0 Å². The number of hydrogen-bond donors (Lipinski definition) is 2. The van der Waals surface area contributed by atoms with E-state index in [9.17, 15) is 9.59 Å². The SMILES string of the molecule is Cc1csc(C(=O)O)c1NC(=O)COC(C)(C)C. The maximum atomic E-state index is 11.7. The quantitative estimate of drug-likeness (QED) is 0.882. The maximum Gasteiger partial charge on any atom is 0.348 e. The Balaban J connectivity index is 2.70. The summed E-state index contributed by atoms with van der Waals surface area (Å²) in [5.74, 6) is -1.39. The molecule has 2 N–H and O–H groups in total. The van der Waals surface area contributed by atoms with Gasteiger partial charge in [0, 0.05) is 0 Å². The van der Waals surface area contributed by atoms with Crippen LogP contribution >= 0.6 is 11.3 Å². The minimum Gasteiger partial charge on any atom is -0.477 e. The molecule has 0 aliphatic rings. The van der Waals surface area contributed by atoms with Crippen molar-refractivity contribution in [2.45, 2.75) is 33.3 Å². The Hall–Kier alpha value is -1.40. The van der Waals surface area contributed by atoms with Crippen LogP contribution in [0.3, 0.4) is 0 Å². The summed E-state index contributed by atoms with van der Waals surface area (Å²) in [5.41, 5.74) is 0.688. The second-order valence-electron chi connectivity index (χ2n) is 4.88. The molecule has 6 heteroatoms. The van der Waals surface area contributed by atoms with Crippen LogP contribution in [0.25, 0.3) is 0 Å². The third-order valence-corrected chi connectivity index (χ3v) is 3.16. The van der Waals surface area contributed by atoms with Crippen molar-refractivity contribution in [2.75, 3.05) is 11.9 Å². The lowest BCUT2D eigenvalue weighted by atomic mass is 10.2. The third kappa shape index (κ3) is 4.12. The van der Waals surface area contributed by atoms with Gasteiger partial charge in [-0.2, -0.15) is 0 Å². The Morgan fingerprint density at radius 3 is 2.56 bits per heavy atom. The standard InChI is InChI=1S/C12H17NO4S/c1-7-6-18-10(11(15)16)9(7)13-8(14)5-17-12(2,3)4/h6H,5H2,1-4H3,(H,13,14)(H,15,16). The number of carbonyl (C=O) groups is 2. The summed E-state index contributed by atoms with van der Waals surface area (Å²) in [5, 5.41) is 13.3. The molecule has 0 radical (unpaired) electrons. The molecular formula is C12H17NO4S. The number of thiophene rings is 1. The average molecular weight is 271 g/mol. The number of hydrogen-bond acceptors (Lipinski definition) is 4. The molecule has 18 heavy (non-hydrogen) atoms. The van der Waals surface area contributed by atoms with E-state index in [1.165, 1.54) is 0 Å². The van der Waals surface area contributed by atoms with Gasteiger partial charge in [0.25, 0.3) is 0 Å². The summed E-state index contributed by atoms with van der Waals surface area (Å²) < 4.78 is 5.32. The van der Waals surface area contributed by atoms with Crippen molar-refractivity contribution in [1.29, 1.82) is 0 Å². The predicted octanol–water partition coefficient (Wildman–Crippen LogP) is 2.51. The van der Waals surface area contributed by atoms with Crippen LogP contribution in [0, 0.1) is 6.92 Å². The van der Waals surface area contributed by atoms with Crippen LogP contribution < -0.4 is 5.32 Å². The molecule has 0 atom stereocenters. The minimum absolute atomic E-state index is 0.0994. The monoisotopic (exact) mass is 271 g/mol. The van der Waals surface area contributed by atoms with Gasteiger partial charge in [0.2, 0.25) is 5.91 Å². The Kier molecular flexibility index (Phi) is 4.48. The molecule has 0 fully saturated rings. The first-order chi connectivity index (χ1) is 8.20. The van der Waals surface area contributed by atoms with Gasteiger partial charge in [-0.15, -0.1) is 11.3 Å². The highest BCUT2D eigenvalue weighted by Gasteiger charge is 2.18. The maximum absolute atomic E-state index is 11.7. The van der Waals surface area contributed by atoms with Gasteiger partial charge in [-0.3, -0.25) is 4.79 Å². The molecule has 0 saturated carbocycles. The van der Waals surface area contributed by atoms with E-state index in [4.69, 9.17) is 9.84 Å². The summed E-state index contributed by atoms with van der Waals surface area (Å²) >= 11 is 1.09. The zero-order valence-corrected chi connectivity index (χ0v) is 11.7. The van der Waals surface area contributed by atoms with Gasteiger partial charge >= 0.3 is 5.97 Å². The highest BCUT2D eigenvalue weighted by Crippen LogP contribution is 2.27. The van der Waals surface area contributed by atoms with E-state index < -0.39 is 11.6 Å². The lowest BCUT2D eigenvalue weighted by Gasteiger charge is -2.19. The van der Waals surface area contributed by atoms with Crippen LogP contribution in [-0.2, 0) is 9.53 Å². The molecule has 0 spiro atoms. The van der Waals surface area contributed by atoms with E-state index in [0.29, 0.717) is 5.69 Å². The van der Waals surface area contributed by atoms with Gasteiger partial charge < -0.3 is 15.2 Å². The van der Waals surface area contributed by atoms with Crippen molar-refractivity contribution in [3.63, 3.8) is 0 Å². The molecule has 1 aromatic rings. The van der Waals surface area contributed by atoms with Crippen molar-refractivity contribution < 1.29 is 19.4 Å². The zero-order valence-electron chi connectivity index (χ0n) is 10.9. The van der Waals surface area contributed by atoms with E-state index in [0.717, 1.165) is 16.9 Å². The fraction of sp³-hybridized carbons (Fsp3) is 0.500. The number of carboxylic acids is 1. The topological polar surface area (TPSA) is 75.6 Å². The Morgan fingerprint density at radius 2 is 2.06 bits per heavy atom. The number of aryl methyl sites for hydroxylation is 1. The first-order valence-corrected chi connectivity index (χ1v) is 6.34. The van der Waals surface area contributed by atoms with Gasteiger partial charge in [0.15, 0.2) is 0 Å². The summed E-state index contributed by atoms with van der Waals surface area (Å²) in [4.78, 5) is 22.8. The lowest BCUT2D eigenvalue weighted by Crippen LogP contribution is -2.27. The molecule has 1 rings (SSSR count). The zero-order chi connectivity index (χ0) is 13.9. The van der Waals surface area contributed by atoms with E-state index in [-0.39, 0.29) is 17.4 Å². The van der Waals surface area contributed by atoms with Gasteiger partial charge in [0.05, 0.1) is 11.3 Å². The number of nitrogens with one attached hydrogen (secondary N) is 1. The largest absolute Gasteiger partial charge is 0.477 e. The first kappa shape index (κ1) is 14.7. The van der Waals surface area contributed by atoms with Gasteiger partial charge in [-0.25, -0.2) is 4.79 Å². The summed E-state index contributed by atoms with van der Waals surface area (Å²) in [6.07, 6.45) is 0. The van der Waals surface area contributed by atoms with E-state index in [1.54, 1.807) is 12.3 Å². The van der Waals surface area contributed by atoms with Crippen molar-refractivity contribution in [3.05, 3.63) is 15.8 Å². The molecule has 0 aliphatic heterocycles. The van der Waals surface area contributed by atoms with Crippen LogP contribution in [0.15, 0.2) is 5.38 Å². The molecule has 100 valence electrons. The van der Waals surface area contributed by atoms with Gasteiger partial charge in [0.1, 0.15) is 11.5 Å². The molecule has 1 amide bonds. The molecule has 0 unspecified atom stereocenters. The lowest BCUT2D eigenvalue weighted by molar-refractivity contribution is -0.125. The molecule has 0 aromatic carbocycles. The third-order valence-electron chi connectivity index (χ3n) is 2.07. The number of carboxylic acid groups (broad SMARTS) is 1. The van der Waals surface area contributed by atoms with Crippen LogP contribution in [0.4, 0.5) is 5.69 Å². The summed E-state index contributed by atoms with van der Waals surface area (Å²) in [7, 11) is 0. The molecular weight excluding hydrogens is 254 g/mol. The number of amides is 1. The van der Waals surface area contributed by atoms with Crippen molar-refractivity contribution >= 4 is 28.9 Å². The second-order valence-corrected chi connectivity index (χ2v) is 5.76. The molecule has 0 aliphatic carbocycles. The normalized spacial score (nSPS) is 11.3. The minimum atomic E-state index is -1.04. The Labute approximate surface area is 110 Å². The molecule has 0 bridgehead atoms. The number of rotatable bonds is 4. The van der Waals surface area contributed by atoms with Crippen LogP contribution in [0.5, 0.6) is 0 Å². The average Bonchev–Trinajstić information content (AvgIpc) is 2.57. The smallest absolute Gasteiger partial charge is 0.348 e. The van der Waals surface area contributed by atoms with Crippen LogP contribution in [0.1, 0.15) is 36.0 Å².